The Morgan fingerprint density at radius 2 is 2.33 bits per heavy atom. The molecule has 0 amide bonds. The number of hydrogen-bond acceptors (Lipinski definition) is 2. The standard InChI is InChI=1S/C4H6BrN3.BrH/c1-2-3-4(5)7-8-6-3;/h2H2,1H3,(H,6,7,8);1H. The van der Waals surface area contributed by atoms with Crippen molar-refractivity contribution in [3.63, 3.8) is 0 Å². The smallest absolute Gasteiger partial charge is 0.124 e. The molecule has 0 aliphatic rings. The lowest BCUT2D eigenvalue weighted by atomic mass is 10.4. The zero-order valence-electron chi connectivity index (χ0n) is 4.89. The topological polar surface area (TPSA) is 41.6 Å². The van der Waals surface area contributed by atoms with Gasteiger partial charge in [-0.3, -0.25) is 5.10 Å². The summed E-state index contributed by atoms with van der Waals surface area (Å²) in [6, 6.07) is 0. The fourth-order valence-electron chi connectivity index (χ4n) is 0.464. The number of aromatic nitrogens is 3. The Kier molecular flexibility index (Phi) is 4.05. The first-order valence-corrected chi connectivity index (χ1v) is 3.19. The predicted molar refractivity (Wildman–Crippen MR) is 43.8 cm³/mol. The molecule has 0 aliphatic carbocycles. The third-order valence-electron chi connectivity index (χ3n) is 0.907. The van der Waals surface area contributed by atoms with Crippen LogP contribution >= 0.6 is 32.9 Å². The van der Waals surface area contributed by atoms with Crippen LogP contribution in [0.2, 0.25) is 0 Å². The Hall–Kier alpha value is 0.1000. The van der Waals surface area contributed by atoms with E-state index in [1.54, 1.807) is 0 Å². The summed E-state index contributed by atoms with van der Waals surface area (Å²) in [6.07, 6.45) is 0.914. The second kappa shape index (κ2) is 4.00. The lowest BCUT2D eigenvalue weighted by Gasteiger charge is -1.81. The molecule has 1 heterocycles. The molecule has 52 valence electrons. The van der Waals surface area contributed by atoms with Crippen molar-refractivity contribution in [2.75, 3.05) is 0 Å². The molecule has 1 N–H and O–H groups in total. The van der Waals surface area contributed by atoms with Gasteiger partial charge >= 0.3 is 0 Å². The molecule has 0 atom stereocenters. The van der Waals surface area contributed by atoms with Crippen molar-refractivity contribution in [3.05, 3.63) is 10.3 Å². The zero-order chi connectivity index (χ0) is 5.98. The van der Waals surface area contributed by atoms with E-state index in [4.69, 9.17) is 0 Å². The number of nitrogens with one attached hydrogen (secondary N) is 1. The molecule has 1 rings (SSSR count). The zero-order valence-corrected chi connectivity index (χ0v) is 8.19. The summed E-state index contributed by atoms with van der Waals surface area (Å²) in [6.45, 7) is 2.03. The number of rotatable bonds is 1. The lowest BCUT2D eigenvalue weighted by Crippen LogP contribution is -1.78. The Bertz CT molecular complexity index is 174. The first kappa shape index (κ1) is 9.10. The van der Waals surface area contributed by atoms with E-state index in [9.17, 15) is 0 Å². The van der Waals surface area contributed by atoms with Crippen molar-refractivity contribution >= 4 is 32.9 Å². The van der Waals surface area contributed by atoms with Gasteiger partial charge in [-0.05, 0) is 22.4 Å². The van der Waals surface area contributed by atoms with E-state index in [1.165, 1.54) is 0 Å². The third-order valence-corrected chi connectivity index (χ3v) is 1.54. The highest BCUT2D eigenvalue weighted by Crippen LogP contribution is 2.08. The van der Waals surface area contributed by atoms with Gasteiger partial charge < -0.3 is 0 Å². The molecule has 0 fully saturated rings. The summed E-state index contributed by atoms with van der Waals surface area (Å²) in [7, 11) is 0. The van der Waals surface area contributed by atoms with Crippen LogP contribution in [0.15, 0.2) is 4.60 Å². The van der Waals surface area contributed by atoms with Crippen LogP contribution < -0.4 is 0 Å². The summed E-state index contributed by atoms with van der Waals surface area (Å²) in [5.74, 6) is 0. The average Bonchev–Trinajstić information content (AvgIpc) is 2.14. The van der Waals surface area contributed by atoms with E-state index >= 15 is 0 Å². The van der Waals surface area contributed by atoms with E-state index in [0.717, 1.165) is 16.7 Å². The first-order valence-electron chi connectivity index (χ1n) is 2.40. The van der Waals surface area contributed by atoms with E-state index in [2.05, 4.69) is 31.3 Å². The Morgan fingerprint density at radius 3 is 2.56 bits per heavy atom. The van der Waals surface area contributed by atoms with Crippen molar-refractivity contribution in [2.45, 2.75) is 13.3 Å². The molecule has 1 aromatic heterocycles. The number of hydrogen-bond donors (Lipinski definition) is 1. The van der Waals surface area contributed by atoms with Crippen LogP contribution in [0.25, 0.3) is 0 Å². The third kappa shape index (κ3) is 2.06. The molecular formula is C4H7Br2N3. The molecule has 0 saturated carbocycles. The second-order valence-corrected chi connectivity index (χ2v) is 2.22. The van der Waals surface area contributed by atoms with Crippen LogP contribution in [-0.2, 0) is 6.42 Å². The fraction of sp³-hybridized carbons (Fsp3) is 0.500. The van der Waals surface area contributed by atoms with Crippen molar-refractivity contribution in [1.29, 1.82) is 0 Å². The summed E-state index contributed by atoms with van der Waals surface area (Å²) >= 11 is 3.25. The molecule has 0 aromatic carbocycles. The van der Waals surface area contributed by atoms with Crippen LogP contribution in [0.4, 0.5) is 0 Å². The highest BCUT2D eigenvalue weighted by atomic mass is 79.9. The van der Waals surface area contributed by atoms with Gasteiger partial charge in [0.25, 0.3) is 0 Å². The first-order chi connectivity index (χ1) is 3.84. The molecule has 9 heavy (non-hydrogen) atoms. The molecular weight excluding hydrogens is 250 g/mol. The van der Waals surface area contributed by atoms with Crippen molar-refractivity contribution in [1.82, 2.24) is 15.4 Å². The molecule has 1 aromatic rings. The van der Waals surface area contributed by atoms with Crippen molar-refractivity contribution in [3.8, 4) is 0 Å². The Labute approximate surface area is 72.1 Å². The van der Waals surface area contributed by atoms with E-state index < -0.39 is 0 Å². The second-order valence-electron chi connectivity index (χ2n) is 1.43. The summed E-state index contributed by atoms with van der Waals surface area (Å²) < 4.78 is 0.889. The highest BCUT2D eigenvalue weighted by molar-refractivity contribution is 9.10. The van der Waals surface area contributed by atoms with Crippen LogP contribution in [0.3, 0.4) is 0 Å². The molecule has 0 radical (unpaired) electrons. The number of aryl methyl sites for hydroxylation is 1. The fourth-order valence-corrected chi connectivity index (χ4v) is 0.903. The van der Waals surface area contributed by atoms with Gasteiger partial charge in [-0.2, -0.15) is 0 Å². The lowest BCUT2D eigenvalue weighted by molar-refractivity contribution is 0.907. The van der Waals surface area contributed by atoms with E-state index in [0.29, 0.717) is 0 Å². The highest BCUT2D eigenvalue weighted by Gasteiger charge is 1.97. The maximum Gasteiger partial charge on any atom is 0.124 e. The largest absolute Gasteiger partial charge is 0.251 e. The summed E-state index contributed by atoms with van der Waals surface area (Å²) in [5.41, 5.74) is 0.977. The van der Waals surface area contributed by atoms with Gasteiger partial charge in [-0.1, -0.05) is 12.1 Å². The van der Waals surface area contributed by atoms with Crippen LogP contribution in [0, 0.1) is 0 Å². The number of nitrogens with zero attached hydrogens (tertiary/aromatic N) is 2. The van der Waals surface area contributed by atoms with Gasteiger partial charge in [-0.15, -0.1) is 22.1 Å². The van der Waals surface area contributed by atoms with Gasteiger partial charge in [0.1, 0.15) is 4.60 Å². The minimum atomic E-state index is 0. The van der Waals surface area contributed by atoms with Crippen molar-refractivity contribution in [2.24, 2.45) is 0 Å². The predicted octanol–water partition coefficient (Wildman–Crippen LogP) is 1.71. The van der Waals surface area contributed by atoms with Gasteiger partial charge in [0.05, 0.1) is 5.69 Å². The van der Waals surface area contributed by atoms with Crippen LogP contribution in [-0.4, -0.2) is 15.4 Å². The molecule has 0 saturated heterocycles. The number of H-pyrrole nitrogens is 1. The molecule has 5 heteroatoms. The van der Waals surface area contributed by atoms with Crippen LogP contribution in [0.1, 0.15) is 12.6 Å². The van der Waals surface area contributed by atoms with Gasteiger partial charge in [-0.25, -0.2) is 0 Å². The SMILES string of the molecule is Br.CCc1nn[nH]c1Br. The van der Waals surface area contributed by atoms with E-state index in [1.807, 2.05) is 6.92 Å². The number of halogens is 2. The maximum atomic E-state index is 3.78. The summed E-state index contributed by atoms with van der Waals surface area (Å²) in [4.78, 5) is 0. The van der Waals surface area contributed by atoms with E-state index in [-0.39, 0.29) is 17.0 Å². The molecule has 0 aliphatic heterocycles. The molecule has 0 unspecified atom stereocenters. The summed E-state index contributed by atoms with van der Waals surface area (Å²) in [5, 5.41) is 10.0. The number of aromatic amines is 1. The van der Waals surface area contributed by atoms with Gasteiger partial charge in [0.15, 0.2) is 0 Å². The van der Waals surface area contributed by atoms with Crippen molar-refractivity contribution < 1.29 is 0 Å². The maximum absolute atomic E-state index is 3.78. The van der Waals surface area contributed by atoms with Gasteiger partial charge in [0.2, 0.25) is 0 Å². The average molecular weight is 257 g/mol. The molecule has 0 bridgehead atoms. The quantitative estimate of drug-likeness (QED) is 0.831. The Morgan fingerprint density at radius 1 is 1.67 bits per heavy atom. The van der Waals surface area contributed by atoms with Gasteiger partial charge in [0, 0.05) is 0 Å². The monoisotopic (exact) mass is 255 g/mol. The normalized spacial score (nSPS) is 8.67. The van der Waals surface area contributed by atoms with Crippen LogP contribution in [0.5, 0.6) is 0 Å². The molecule has 0 spiro atoms. The molecule has 3 nitrogen and oxygen atoms in total. The Balaban J connectivity index is 0.000000640. The minimum Gasteiger partial charge on any atom is -0.251 e. The minimum absolute atomic E-state index is 0.